The molecule has 5 rings (SSSR count). The van der Waals surface area contributed by atoms with Crippen LogP contribution in [0.1, 0.15) is 35.4 Å². The highest BCUT2D eigenvalue weighted by Crippen LogP contribution is 2.38. The number of alkyl halides is 3. The van der Waals surface area contributed by atoms with E-state index in [1.54, 1.807) is 50.4 Å². The van der Waals surface area contributed by atoms with Gasteiger partial charge in [-0.2, -0.15) is 23.3 Å². The number of nitrogens with zero attached hydrogens (tertiary/aromatic N) is 5. The van der Waals surface area contributed by atoms with E-state index in [2.05, 4.69) is 31.7 Å². The molecule has 0 unspecified atom stereocenters. The second kappa shape index (κ2) is 11.7. The summed E-state index contributed by atoms with van der Waals surface area (Å²) >= 11 is 0. The maximum Gasteiger partial charge on any atom is 0.393 e. The Hall–Kier alpha value is -3.97. The Morgan fingerprint density at radius 2 is 1.71 bits per heavy atom. The fraction of sp³-hybridized carbons (Fsp3) is 0.345. The fourth-order valence-electron chi connectivity index (χ4n) is 4.99. The number of ether oxygens (including phenoxy) is 1. The number of anilines is 1. The maximum absolute atomic E-state index is 13.9. The molecule has 2 aromatic heterocycles. The first-order valence-corrected chi connectivity index (χ1v) is 14.9. The van der Waals surface area contributed by atoms with Crippen LogP contribution in [-0.4, -0.2) is 59.4 Å². The van der Waals surface area contributed by atoms with E-state index in [9.17, 15) is 21.6 Å². The first-order valence-electron chi connectivity index (χ1n) is 13.4. The van der Waals surface area contributed by atoms with Crippen LogP contribution in [0.4, 0.5) is 19.1 Å². The zero-order valence-electron chi connectivity index (χ0n) is 23.4. The fourth-order valence-corrected chi connectivity index (χ4v) is 5.92. The predicted octanol–water partition coefficient (Wildman–Crippen LogP) is 5.69. The van der Waals surface area contributed by atoms with Crippen molar-refractivity contribution in [1.29, 1.82) is 0 Å². The number of aromatic nitrogens is 4. The van der Waals surface area contributed by atoms with Crippen LogP contribution in [0.25, 0.3) is 11.3 Å². The van der Waals surface area contributed by atoms with Crippen molar-refractivity contribution < 1.29 is 26.3 Å². The molecular weight excluding hydrogens is 569 g/mol. The Morgan fingerprint density at radius 1 is 1.02 bits per heavy atom. The molecule has 1 aliphatic rings. The summed E-state index contributed by atoms with van der Waals surface area (Å²) in [7, 11) is -0.557. The van der Waals surface area contributed by atoms with Gasteiger partial charge in [0.2, 0.25) is 11.8 Å². The Bertz CT molecular complexity index is 1660. The highest BCUT2D eigenvalue weighted by atomic mass is 32.2. The molecule has 13 heteroatoms. The minimum atomic E-state index is -4.62. The number of nitrogens with one attached hydrogen (secondary N) is 1. The molecule has 9 nitrogen and oxygen atoms in total. The van der Waals surface area contributed by atoms with Crippen molar-refractivity contribution in [2.75, 3.05) is 24.9 Å². The van der Waals surface area contributed by atoms with Crippen LogP contribution in [0.3, 0.4) is 0 Å². The van der Waals surface area contributed by atoms with Crippen molar-refractivity contribution >= 4 is 16.0 Å². The average molecular weight is 601 g/mol. The van der Waals surface area contributed by atoms with Crippen LogP contribution in [0.2, 0.25) is 0 Å². The topological polar surface area (TPSA) is 102 Å². The molecule has 222 valence electrons. The van der Waals surface area contributed by atoms with Gasteiger partial charge in [0.15, 0.2) is 0 Å². The monoisotopic (exact) mass is 600 g/mol. The number of rotatable bonds is 8. The molecule has 1 fully saturated rings. The van der Waals surface area contributed by atoms with Crippen LogP contribution < -0.4 is 9.46 Å². The predicted molar refractivity (Wildman–Crippen MR) is 152 cm³/mol. The molecule has 0 saturated carbocycles. The molecule has 3 heterocycles. The van der Waals surface area contributed by atoms with Gasteiger partial charge in [-0.1, -0.05) is 36.4 Å². The summed E-state index contributed by atoms with van der Waals surface area (Å²) in [5, 5.41) is 3.88. The SMILES string of the molecule is Cc1ccccc1-c1nc(NS(=O)(=O)c2cnn(C)c2)nc(Oc2ccc(C3CCN(C)CC3)cc2)c1CC(F)(F)F. The quantitative estimate of drug-likeness (QED) is 0.277. The van der Waals surface area contributed by atoms with E-state index in [-0.39, 0.29) is 21.9 Å². The van der Waals surface area contributed by atoms with E-state index in [1.165, 1.54) is 10.9 Å². The molecule has 1 N–H and O–H groups in total. The standard InChI is InChI=1S/C29H31F3N6O3S/c1-19-6-4-5-7-24(19)26-25(16-29(30,31)32)27(35-28(34-26)36-42(39,40)23-17-33-38(3)18-23)41-22-10-8-20(9-11-22)21-12-14-37(2)15-13-21/h4-11,17-18,21H,12-16H2,1-3H3,(H,34,35,36). The van der Waals surface area contributed by atoms with Gasteiger partial charge in [-0.05, 0) is 69.1 Å². The lowest BCUT2D eigenvalue weighted by atomic mass is 9.90. The number of aryl methyl sites for hydroxylation is 2. The Balaban J connectivity index is 1.58. The lowest BCUT2D eigenvalue weighted by molar-refractivity contribution is -0.127. The summed E-state index contributed by atoms with van der Waals surface area (Å²) in [4.78, 5) is 10.5. The smallest absolute Gasteiger partial charge is 0.393 e. The second-order valence-corrected chi connectivity index (χ2v) is 12.2. The first-order chi connectivity index (χ1) is 19.9. The molecule has 0 spiro atoms. The Labute approximate surface area is 242 Å². The van der Waals surface area contributed by atoms with Gasteiger partial charge in [0, 0.05) is 18.8 Å². The van der Waals surface area contributed by atoms with Crippen LogP contribution in [-0.2, 0) is 23.5 Å². The van der Waals surface area contributed by atoms with Gasteiger partial charge in [0.05, 0.1) is 23.9 Å². The van der Waals surface area contributed by atoms with Crippen molar-refractivity contribution in [3.8, 4) is 22.9 Å². The normalized spacial score (nSPS) is 15.1. The minimum Gasteiger partial charge on any atom is -0.439 e. The highest BCUT2D eigenvalue weighted by molar-refractivity contribution is 7.92. The average Bonchev–Trinajstić information content (AvgIpc) is 3.38. The van der Waals surface area contributed by atoms with E-state index in [0.717, 1.165) is 37.7 Å². The third-order valence-electron chi connectivity index (χ3n) is 7.25. The van der Waals surface area contributed by atoms with Crippen molar-refractivity contribution in [2.24, 2.45) is 7.05 Å². The summed E-state index contributed by atoms with van der Waals surface area (Å²) in [6, 6.07) is 14.0. The second-order valence-electron chi connectivity index (χ2n) is 10.5. The Kier molecular flexibility index (Phi) is 8.24. The molecule has 0 bridgehead atoms. The van der Waals surface area contributed by atoms with Gasteiger partial charge in [-0.3, -0.25) is 4.68 Å². The van der Waals surface area contributed by atoms with Crippen molar-refractivity contribution in [3.05, 3.63) is 77.6 Å². The molecule has 0 radical (unpaired) electrons. The number of benzene rings is 2. The zero-order chi connectivity index (χ0) is 30.1. The molecule has 0 atom stereocenters. The number of hydrogen-bond donors (Lipinski definition) is 1. The molecule has 1 saturated heterocycles. The summed E-state index contributed by atoms with van der Waals surface area (Å²) in [6.07, 6.45) is -1.54. The van der Waals surface area contributed by atoms with Gasteiger partial charge in [-0.25, -0.2) is 18.1 Å². The van der Waals surface area contributed by atoms with E-state index >= 15 is 0 Å². The largest absolute Gasteiger partial charge is 0.439 e. The first kappa shape index (κ1) is 29.5. The van der Waals surface area contributed by atoms with Crippen LogP contribution in [0, 0.1) is 6.92 Å². The molecular formula is C29H31F3N6O3S. The third-order valence-corrected chi connectivity index (χ3v) is 8.53. The van der Waals surface area contributed by atoms with Crippen LogP contribution >= 0.6 is 0 Å². The summed E-state index contributed by atoms with van der Waals surface area (Å²) in [5.74, 6) is -0.167. The van der Waals surface area contributed by atoms with Crippen LogP contribution in [0.15, 0.2) is 65.8 Å². The maximum atomic E-state index is 13.9. The number of sulfonamides is 1. The highest BCUT2D eigenvalue weighted by Gasteiger charge is 2.34. The third kappa shape index (κ3) is 6.90. The van der Waals surface area contributed by atoms with Gasteiger partial charge in [0.25, 0.3) is 10.0 Å². The molecule has 0 amide bonds. The van der Waals surface area contributed by atoms with Gasteiger partial charge < -0.3 is 9.64 Å². The lowest BCUT2D eigenvalue weighted by Gasteiger charge is -2.29. The van der Waals surface area contributed by atoms with Gasteiger partial charge in [-0.15, -0.1) is 0 Å². The van der Waals surface area contributed by atoms with E-state index in [1.807, 2.05) is 12.1 Å². The molecule has 4 aromatic rings. The molecule has 1 aliphatic heterocycles. The van der Waals surface area contributed by atoms with E-state index in [4.69, 9.17) is 4.74 Å². The van der Waals surface area contributed by atoms with Gasteiger partial charge >= 0.3 is 6.18 Å². The van der Waals surface area contributed by atoms with Crippen molar-refractivity contribution in [2.45, 2.75) is 43.2 Å². The number of likely N-dealkylation sites (tertiary alicyclic amines) is 1. The number of piperidine rings is 1. The number of hydrogen-bond acceptors (Lipinski definition) is 7. The van der Waals surface area contributed by atoms with Crippen molar-refractivity contribution in [3.63, 3.8) is 0 Å². The summed E-state index contributed by atoms with van der Waals surface area (Å²) in [6.45, 7) is 3.71. The molecule has 2 aromatic carbocycles. The lowest BCUT2D eigenvalue weighted by Crippen LogP contribution is -2.29. The van der Waals surface area contributed by atoms with E-state index in [0.29, 0.717) is 17.0 Å². The molecule has 0 aliphatic carbocycles. The minimum absolute atomic E-state index is 0.0812. The molecule has 42 heavy (non-hydrogen) atoms. The summed E-state index contributed by atoms with van der Waals surface area (Å²) in [5.41, 5.74) is 1.78. The van der Waals surface area contributed by atoms with Crippen molar-refractivity contribution in [1.82, 2.24) is 24.6 Å². The number of halogens is 3. The van der Waals surface area contributed by atoms with Crippen LogP contribution in [0.5, 0.6) is 11.6 Å². The Morgan fingerprint density at radius 3 is 2.33 bits per heavy atom. The van der Waals surface area contributed by atoms with Gasteiger partial charge in [0.1, 0.15) is 10.6 Å². The summed E-state index contributed by atoms with van der Waals surface area (Å²) < 4.78 is 77.4. The van der Waals surface area contributed by atoms with E-state index < -0.39 is 34.4 Å². The zero-order valence-corrected chi connectivity index (χ0v) is 24.2.